The summed E-state index contributed by atoms with van der Waals surface area (Å²) in [5, 5.41) is 1.36. The number of nitrogens with one attached hydrogen (secondary N) is 1. The molecule has 1 aliphatic rings. The summed E-state index contributed by atoms with van der Waals surface area (Å²) in [6.07, 6.45) is 6.76. The summed E-state index contributed by atoms with van der Waals surface area (Å²) >= 11 is 0. The van der Waals surface area contributed by atoms with E-state index in [4.69, 9.17) is 5.73 Å². The zero-order chi connectivity index (χ0) is 11.2. The molecule has 0 spiro atoms. The number of aryl methyl sites for hydroxylation is 2. The molecule has 1 aromatic carbocycles. The van der Waals surface area contributed by atoms with Gasteiger partial charge in [0.1, 0.15) is 0 Å². The summed E-state index contributed by atoms with van der Waals surface area (Å²) < 4.78 is 0. The van der Waals surface area contributed by atoms with E-state index in [1.807, 2.05) is 0 Å². The third-order valence-electron chi connectivity index (χ3n) is 3.71. The van der Waals surface area contributed by atoms with Crippen LogP contribution in [-0.2, 0) is 6.42 Å². The van der Waals surface area contributed by atoms with Gasteiger partial charge in [0.2, 0.25) is 0 Å². The van der Waals surface area contributed by atoms with E-state index >= 15 is 0 Å². The minimum absolute atomic E-state index is 0.161. The Balaban J connectivity index is 1.86. The van der Waals surface area contributed by atoms with Crippen LogP contribution in [-0.4, -0.2) is 10.5 Å². The molecule has 0 amide bonds. The summed E-state index contributed by atoms with van der Waals surface area (Å²) in [6.45, 7) is 2.12. The number of hydrogen-bond donors (Lipinski definition) is 2. The van der Waals surface area contributed by atoms with Gasteiger partial charge in [0, 0.05) is 22.6 Å². The number of aromatic amines is 1. The van der Waals surface area contributed by atoms with Crippen LogP contribution in [0.15, 0.2) is 24.4 Å². The van der Waals surface area contributed by atoms with Gasteiger partial charge in [0.05, 0.1) is 0 Å². The van der Waals surface area contributed by atoms with Gasteiger partial charge in [0.15, 0.2) is 0 Å². The van der Waals surface area contributed by atoms with Crippen LogP contribution in [0.3, 0.4) is 0 Å². The van der Waals surface area contributed by atoms with E-state index in [1.54, 1.807) is 0 Å². The summed E-state index contributed by atoms with van der Waals surface area (Å²) in [5.74, 6) is 0. The lowest BCUT2D eigenvalue weighted by atomic mass is 10.0. The lowest BCUT2D eigenvalue weighted by Gasteiger charge is -2.06. The maximum absolute atomic E-state index is 6.12. The number of rotatable bonds is 3. The van der Waals surface area contributed by atoms with Crippen LogP contribution in [0.5, 0.6) is 0 Å². The molecule has 16 heavy (non-hydrogen) atoms. The first-order valence-corrected chi connectivity index (χ1v) is 6.02. The van der Waals surface area contributed by atoms with Crippen molar-refractivity contribution in [2.24, 2.45) is 5.73 Å². The zero-order valence-electron chi connectivity index (χ0n) is 9.72. The van der Waals surface area contributed by atoms with Crippen molar-refractivity contribution in [2.75, 3.05) is 0 Å². The molecule has 1 saturated carbocycles. The average molecular weight is 214 g/mol. The Labute approximate surface area is 95.8 Å². The van der Waals surface area contributed by atoms with E-state index in [1.165, 1.54) is 34.9 Å². The number of H-pyrrole nitrogens is 1. The zero-order valence-corrected chi connectivity index (χ0v) is 9.72. The molecule has 0 aliphatic heterocycles. The van der Waals surface area contributed by atoms with Crippen molar-refractivity contribution in [3.63, 3.8) is 0 Å². The van der Waals surface area contributed by atoms with Gasteiger partial charge in [-0.15, -0.1) is 0 Å². The van der Waals surface area contributed by atoms with E-state index in [9.17, 15) is 0 Å². The van der Waals surface area contributed by atoms with Crippen LogP contribution in [0.2, 0.25) is 0 Å². The topological polar surface area (TPSA) is 41.8 Å². The molecule has 0 unspecified atom stereocenters. The third-order valence-corrected chi connectivity index (χ3v) is 3.71. The molecular formula is C14H18N2. The van der Waals surface area contributed by atoms with Gasteiger partial charge in [-0.1, -0.05) is 12.1 Å². The van der Waals surface area contributed by atoms with Crippen LogP contribution < -0.4 is 5.73 Å². The summed E-state index contributed by atoms with van der Waals surface area (Å²) in [5.41, 5.74) is 10.2. The van der Waals surface area contributed by atoms with Crippen LogP contribution in [0.4, 0.5) is 0 Å². The fourth-order valence-electron chi connectivity index (χ4n) is 2.30. The molecule has 0 bridgehead atoms. The van der Waals surface area contributed by atoms with Crippen molar-refractivity contribution < 1.29 is 0 Å². The lowest BCUT2D eigenvalue weighted by Crippen LogP contribution is -2.21. The molecule has 2 aromatic rings. The molecule has 0 saturated heterocycles. The average Bonchev–Trinajstić information content (AvgIpc) is 2.87. The number of fused-ring (bicyclic) bond motifs is 1. The molecule has 1 heterocycles. The predicted octanol–water partition coefficient (Wildman–Crippen LogP) is 2.90. The minimum atomic E-state index is 0.161. The van der Waals surface area contributed by atoms with Crippen LogP contribution in [0.1, 0.15) is 30.4 Å². The molecule has 2 heteroatoms. The molecule has 3 rings (SSSR count). The molecular weight excluding hydrogens is 196 g/mol. The lowest BCUT2D eigenvalue weighted by molar-refractivity contribution is 0.610. The smallest absolute Gasteiger partial charge is 0.0459 e. The quantitative estimate of drug-likeness (QED) is 0.810. The monoisotopic (exact) mass is 214 g/mol. The Bertz CT molecular complexity index is 521. The molecule has 1 aromatic heterocycles. The van der Waals surface area contributed by atoms with Gasteiger partial charge in [-0.25, -0.2) is 0 Å². The highest BCUT2D eigenvalue weighted by Crippen LogP contribution is 2.37. The molecule has 3 N–H and O–H groups in total. The van der Waals surface area contributed by atoms with Gasteiger partial charge >= 0.3 is 0 Å². The number of aromatic nitrogens is 1. The Morgan fingerprint density at radius 1 is 1.38 bits per heavy atom. The SMILES string of the molecule is Cc1ccc2c(CCC3(N)CC3)c[nH]c2c1. The van der Waals surface area contributed by atoms with Crippen molar-refractivity contribution in [3.8, 4) is 0 Å². The predicted molar refractivity (Wildman–Crippen MR) is 67.5 cm³/mol. The van der Waals surface area contributed by atoms with Gasteiger partial charge in [-0.3, -0.25) is 0 Å². The molecule has 1 aliphatic carbocycles. The first kappa shape index (κ1) is 9.91. The Kier molecular flexibility index (Phi) is 2.08. The van der Waals surface area contributed by atoms with Crippen molar-refractivity contribution in [3.05, 3.63) is 35.5 Å². The molecule has 0 radical (unpaired) electrons. The third kappa shape index (κ3) is 1.74. The van der Waals surface area contributed by atoms with Gasteiger partial charge < -0.3 is 10.7 Å². The standard InChI is InChI=1S/C14H18N2/c1-10-2-3-12-11(9-16-13(12)8-10)4-5-14(15)6-7-14/h2-3,8-9,16H,4-7,15H2,1H3. The van der Waals surface area contributed by atoms with E-state index in [0.717, 1.165) is 12.8 Å². The highest BCUT2D eigenvalue weighted by molar-refractivity contribution is 5.83. The second kappa shape index (κ2) is 3.36. The van der Waals surface area contributed by atoms with Crippen molar-refractivity contribution in [1.29, 1.82) is 0 Å². The van der Waals surface area contributed by atoms with Gasteiger partial charge in [-0.2, -0.15) is 0 Å². The second-order valence-electron chi connectivity index (χ2n) is 5.23. The Morgan fingerprint density at radius 2 is 2.19 bits per heavy atom. The van der Waals surface area contributed by atoms with Crippen LogP contribution in [0, 0.1) is 6.92 Å². The largest absolute Gasteiger partial charge is 0.361 e. The fourth-order valence-corrected chi connectivity index (χ4v) is 2.30. The summed E-state index contributed by atoms with van der Waals surface area (Å²) in [6, 6.07) is 6.59. The maximum Gasteiger partial charge on any atom is 0.0459 e. The Hall–Kier alpha value is -1.28. The fraction of sp³-hybridized carbons (Fsp3) is 0.429. The van der Waals surface area contributed by atoms with Crippen molar-refractivity contribution >= 4 is 10.9 Å². The number of hydrogen-bond acceptors (Lipinski definition) is 1. The molecule has 84 valence electrons. The second-order valence-corrected chi connectivity index (χ2v) is 5.23. The summed E-state index contributed by atoms with van der Waals surface area (Å²) in [4.78, 5) is 3.34. The van der Waals surface area contributed by atoms with Crippen molar-refractivity contribution in [1.82, 2.24) is 4.98 Å². The van der Waals surface area contributed by atoms with Crippen LogP contribution >= 0.6 is 0 Å². The van der Waals surface area contributed by atoms with Gasteiger partial charge in [-0.05, 0) is 49.8 Å². The summed E-state index contributed by atoms with van der Waals surface area (Å²) in [7, 11) is 0. The Morgan fingerprint density at radius 3 is 2.94 bits per heavy atom. The van der Waals surface area contributed by atoms with Gasteiger partial charge in [0.25, 0.3) is 0 Å². The maximum atomic E-state index is 6.12. The first-order chi connectivity index (χ1) is 7.66. The highest BCUT2D eigenvalue weighted by Gasteiger charge is 2.37. The molecule has 0 atom stereocenters. The minimum Gasteiger partial charge on any atom is -0.361 e. The van der Waals surface area contributed by atoms with Crippen molar-refractivity contribution in [2.45, 2.75) is 38.1 Å². The number of nitrogens with two attached hydrogens (primary N) is 1. The molecule has 1 fully saturated rings. The normalized spacial score (nSPS) is 17.9. The van der Waals surface area contributed by atoms with E-state index in [2.05, 4.69) is 36.3 Å². The highest BCUT2D eigenvalue weighted by atomic mass is 14.8. The van der Waals surface area contributed by atoms with Crippen LogP contribution in [0.25, 0.3) is 10.9 Å². The van der Waals surface area contributed by atoms with E-state index < -0.39 is 0 Å². The number of benzene rings is 1. The first-order valence-electron chi connectivity index (χ1n) is 6.02. The van der Waals surface area contributed by atoms with E-state index in [0.29, 0.717) is 0 Å². The molecule has 2 nitrogen and oxygen atoms in total. The van der Waals surface area contributed by atoms with E-state index in [-0.39, 0.29) is 5.54 Å².